The highest BCUT2D eigenvalue weighted by Gasteiger charge is 2.13. The van der Waals surface area contributed by atoms with E-state index in [9.17, 15) is 4.79 Å². The maximum atomic E-state index is 12.2. The van der Waals surface area contributed by atoms with Gasteiger partial charge in [0, 0.05) is 19.0 Å². The molecule has 0 unspecified atom stereocenters. The Hall–Kier alpha value is -3.28. The van der Waals surface area contributed by atoms with E-state index in [4.69, 9.17) is 14.0 Å². The number of hydrogen-bond donors (Lipinski definition) is 1. The number of nitrogens with zero attached hydrogens (tertiary/aromatic N) is 1. The van der Waals surface area contributed by atoms with E-state index in [2.05, 4.69) is 10.5 Å². The van der Waals surface area contributed by atoms with E-state index in [1.165, 1.54) is 0 Å². The molecule has 0 saturated heterocycles. The molecule has 1 amide bonds. The van der Waals surface area contributed by atoms with Gasteiger partial charge in [0.25, 0.3) is 5.91 Å². The van der Waals surface area contributed by atoms with Crippen molar-refractivity contribution in [3.8, 4) is 11.5 Å². The molecule has 3 rings (SSSR count). The average Bonchev–Trinajstić information content (AvgIpc) is 3.17. The lowest BCUT2D eigenvalue weighted by atomic mass is 10.1. The SMILES string of the molecule is COc1ccc(CCNC(=O)c2cc(Cc3cccc(OC)c3)no2)cc1. The summed E-state index contributed by atoms with van der Waals surface area (Å²) in [5, 5.41) is 6.83. The van der Waals surface area contributed by atoms with Crippen molar-refractivity contribution < 1.29 is 18.8 Å². The first-order valence-electron chi connectivity index (χ1n) is 8.67. The van der Waals surface area contributed by atoms with Crippen molar-refractivity contribution in [2.24, 2.45) is 0 Å². The fourth-order valence-corrected chi connectivity index (χ4v) is 2.69. The quantitative estimate of drug-likeness (QED) is 0.662. The van der Waals surface area contributed by atoms with Crippen molar-refractivity contribution >= 4 is 5.91 Å². The fraction of sp³-hybridized carbons (Fsp3) is 0.238. The lowest BCUT2D eigenvalue weighted by Crippen LogP contribution is -2.25. The highest BCUT2D eigenvalue weighted by Crippen LogP contribution is 2.16. The van der Waals surface area contributed by atoms with Crippen LogP contribution in [0.1, 0.15) is 27.4 Å². The minimum Gasteiger partial charge on any atom is -0.497 e. The van der Waals surface area contributed by atoms with E-state index in [0.29, 0.717) is 18.7 Å². The number of hydrogen-bond acceptors (Lipinski definition) is 5. The van der Waals surface area contributed by atoms with Gasteiger partial charge in [0.1, 0.15) is 11.5 Å². The second kappa shape index (κ2) is 8.89. The van der Waals surface area contributed by atoms with Gasteiger partial charge in [-0.1, -0.05) is 29.4 Å². The smallest absolute Gasteiger partial charge is 0.289 e. The molecule has 0 aliphatic carbocycles. The molecule has 2 aromatic carbocycles. The molecule has 1 heterocycles. The number of carbonyl (C=O) groups is 1. The summed E-state index contributed by atoms with van der Waals surface area (Å²) in [5.41, 5.74) is 2.85. The second-order valence-corrected chi connectivity index (χ2v) is 6.06. The van der Waals surface area contributed by atoms with Gasteiger partial charge in [0.05, 0.1) is 19.9 Å². The Labute approximate surface area is 158 Å². The maximum absolute atomic E-state index is 12.2. The van der Waals surface area contributed by atoms with Gasteiger partial charge in [-0.2, -0.15) is 0 Å². The van der Waals surface area contributed by atoms with Crippen molar-refractivity contribution in [1.82, 2.24) is 10.5 Å². The van der Waals surface area contributed by atoms with E-state index < -0.39 is 0 Å². The molecule has 3 aromatic rings. The van der Waals surface area contributed by atoms with Crippen molar-refractivity contribution in [2.75, 3.05) is 20.8 Å². The predicted molar refractivity (Wildman–Crippen MR) is 101 cm³/mol. The van der Waals surface area contributed by atoms with Crippen LogP contribution >= 0.6 is 0 Å². The number of ether oxygens (including phenoxy) is 2. The molecule has 140 valence electrons. The number of carbonyl (C=O) groups excluding carboxylic acids is 1. The largest absolute Gasteiger partial charge is 0.497 e. The Balaban J connectivity index is 1.51. The molecule has 0 aliphatic rings. The molecular weight excluding hydrogens is 344 g/mol. The normalized spacial score (nSPS) is 10.4. The minimum absolute atomic E-state index is 0.211. The van der Waals surface area contributed by atoms with Crippen LogP contribution in [0.25, 0.3) is 0 Å². The van der Waals surface area contributed by atoms with E-state index in [0.717, 1.165) is 29.0 Å². The monoisotopic (exact) mass is 366 g/mol. The predicted octanol–water partition coefficient (Wildman–Crippen LogP) is 3.26. The fourth-order valence-electron chi connectivity index (χ4n) is 2.69. The third-order valence-corrected chi connectivity index (χ3v) is 4.16. The zero-order valence-corrected chi connectivity index (χ0v) is 15.4. The van der Waals surface area contributed by atoms with Crippen LogP contribution < -0.4 is 14.8 Å². The minimum atomic E-state index is -0.270. The Morgan fingerprint density at radius 3 is 2.52 bits per heavy atom. The molecule has 6 nitrogen and oxygen atoms in total. The molecule has 0 bridgehead atoms. The molecule has 0 fully saturated rings. The Morgan fingerprint density at radius 1 is 1.00 bits per heavy atom. The topological polar surface area (TPSA) is 73.6 Å². The van der Waals surface area contributed by atoms with Crippen LogP contribution in [0, 0.1) is 0 Å². The molecular formula is C21H22N2O4. The van der Waals surface area contributed by atoms with Crippen LogP contribution in [0.3, 0.4) is 0 Å². The summed E-state index contributed by atoms with van der Waals surface area (Å²) in [4.78, 5) is 12.2. The van der Waals surface area contributed by atoms with Crippen LogP contribution in [0.15, 0.2) is 59.1 Å². The van der Waals surface area contributed by atoms with Gasteiger partial charge >= 0.3 is 0 Å². The number of amides is 1. The van der Waals surface area contributed by atoms with Crippen LogP contribution in [-0.4, -0.2) is 31.8 Å². The van der Waals surface area contributed by atoms with E-state index in [1.807, 2.05) is 48.5 Å². The second-order valence-electron chi connectivity index (χ2n) is 6.06. The Kier molecular flexibility index (Phi) is 6.10. The van der Waals surface area contributed by atoms with Crippen molar-refractivity contribution in [3.63, 3.8) is 0 Å². The van der Waals surface area contributed by atoms with Gasteiger partial charge in [-0.25, -0.2) is 0 Å². The van der Waals surface area contributed by atoms with Crippen LogP contribution in [0.5, 0.6) is 11.5 Å². The average molecular weight is 366 g/mol. The number of nitrogens with one attached hydrogen (secondary N) is 1. The third kappa shape index (κ3) is 5.10. The summed E-state index contributed by atoms with van der Waals surface area (Å²) in [7, 11) is 3.26. The number of benzene rings is 2. The van der Waals surface area contributed by atoms with Crippen LogP contribution in [0.4, 0.5) is 0 Å². The van der Waals surface area contributed by atoms with Crippen LogP contribution in [0.2, 0.25) is 0 Å². The number of aromatic nitrogens is 1. The van der Waals surface area contributed by atoms with E-state index in [1.54, 1.807) is 20.3 Å². The molecule has 1 aromatic heterocycles. The molecule has 0 spiro atoms. The summed E-state index contributed by atoms with van der Waals surface area (Å²) in [5.74, 6) is 1.54. The first-order valence-corrected chi connectivity index (χ1v) is 8.67. The molecule has 0 radical (unpaired) electrons. The van der Waals surface area contributed by atoms with Gasteiger partial charge in [0.15, 0.2) is 0 Å². The van der Waals surface area contributed by atoms with E-state index in [-0.39, 0.29) is 11.7 Å². The molecule has 0 atom stereocenters. The Morgan fingerprint density at radius 2 is 1.78 bits per heavy atom. The number of methoxy groups -OCH3 is 2. The van der Waals surface area contributed by atoms with E-state index >= 15 is 0 Å². The summed E-state index contributed by atoms with van der Waals surface area (Å²) in [6.07, 6.45) is 1.29. The third-order valence-electron chi connectivity index (χ3n) is 4.16. The van der Waals surface area contributed by atoms with Gasteiger partial charge in [-0.3, -0.25) is 4.79 Å². The van der Waals surface area contributed by atoms with Gasteiger partial charge in [-0.05, 0) is 41.8 Å². The molecule has 6 heteroatoms. The highest BCUT2D eigenvalue weighted by atomic mass is 16.5. The first-order chi connectivity index (χ1) is 13.2. The van der Waals surface area contributed by atoms with Gasteiger partial charge in [0.2, 0.25) is 5.76 Å². The molecule has 27 heavy (non-hydrogen) atoms. The zero-order chi connectivity index (χ0) is 19.1. The molecule has 0 saturated carbocycles. The van der Waals surface area contributed by atoms with Gasteiger partial charge < -0.3 is 19.3 Å². The highest BCUT2D eigenvalue weighted by molar-refractivity contribution is 5.91. The summed E-state index contributed by atoms with van der Waals surface area (Å²) in [6.45, 7) is 0.511. The van der Waals surface area contributed by atoms with Crippen molar-refractivity contribution in [1.29, 1.82) is 0 Å². The van der Waals surface area contributed by atoms with Crippen molar-refractivity contribution in [2.45, 2.75) is 12.8 Å². The van der Waals surface area contributed by atoms with Crippen molar-refractivity contribution in [3.05, 3.63) is 77.2 Å². The Bertz CT molecular complexity index is 887. The first kappa shape index (κ1) is 18.5. The van der Waals surface area contributed by atoms with Crippen LogP contribution in [-0.2, 0) is 12.8 Å². The maximum Gasteiger partial charge on any atom is 0.289 e. The molecule has 0 aliphatic heterocycles. The van der Waals surface area contributed by atoms with Gasteiger partial charge in [-0.15, -0.1) is 0 Å². The molecule has 1 N–H and O–H groups in total. The lowest BCUT2D eigenvalue weighted by molar-refractivity contribution is 0.0917. The summed E-state index contributed by atoms with van der Waals surface area (Å²) >= 11 is 0. The number of rotatable bonds is 8. The summed E-state index contributed by atoms with van der Waals surface area (Å²) in [6, 6.07) is 17.1. The standard InChI is InChI=1S/C21H22N2O4/c1-25-18-8-6-15(7-9-18)10-11-22-21(24)20-14-17(23-27-20)12-16-4-3-5-19(13-16)26-2/h3-9,13-14H,10-12H2,1-2H3,(H,22,24). The lowest BCUT2D eigenvalue weighted by Gasteiger charge is -2.04. The summed E-state index contributed by atoms with van der Waals surface area (Å²) < 4.78 is 15.5. The zero-order valence-electron chi connectivity index (χ0n) is 15.4.